The molecule has 4 heterocycles. The highest BCUT2D eigenvalue weighted by Crippen LogP contribution is 2.45. The van der Waals surface area contributed by atoms with Crippen LogP contribution in [0.4, 0.5) is 0 Å². The second kappa shape index (κ2) is 12.8. The smallest absolute Gasteiger partial charge is 0.165 e. The van der Waals surface area contributed by atoms with Crippen LogP contribution in [-0.4, -0.2) is 19.5 Å². The summed E-state index contributed by atoms with van der Waals surface area (Å²) < 4.78 is 50.1. The van der Waals surface area contributed by atoms with Crippen molar-refractivity contribution in [3.8, 4) is 51.0 Å². The summed E-state index contributed by atoms with van der Waals surface area (Å²) in [4.78, 5) is 15.4. The molecule has 0 atom stereocenters. The Balaban J connectivity index is 1.20. The molecule has 0 saturated heterocycles. The fourth-order valence-corrected chi connectivity index (χ4v) is 10.6. The highest BCUT2D eigenvalue weighted by molar-refractivity contribution is 7.26. The minimum Gasteiger partial charge on any atom is -0.309 e. The molecule has 0 radical (unpaired) electrons. The van der Waals surface area contributed by atoms with Crippen LogP contribution in [0.2, 0.25) is 0 Å². The van der Waals surface area contributed by atoms with Crippen LogP contribution in [0.3, 0.4) is 0 Å². The molecule has 0 saturated carbocycles. The molecule has 0 unspecified atom stereocenters. The van der Waals surface area contributed by atoms with E-state index < -0.39 is 18.1 Å². The first-order chi connectivity index (χ1) is 30.3. The van der Waals surface area contributed by atoms with E-state index in [0.717, 1.165) is 90.1 Å². The molecule has 8 aromatic carbocycles. The highest BCUT2D eigenvalue weighted by atomic mass is 32.1. The summed E-state index contributed by atoms with van der Waals surface area (Å²) in [5, 5.41) is 6.56. The molecule has 12 rings (SSSR count). The molecule has 0 bridgehead atoms. The van der Waals surface area contributed by atoms with Gasteiger partial charge in [0.05, 0.1) is 17.9 Å². The summed E-state index contributed by atoms with van der Waals surface area (Å²) in [6.45, 7) is 0. The first-order valence-electron chi connectivity index (χ1n) is 21.1. The summed E-state index contributed by atoms with van der Waals surface area (Å²) in [7, 11) is 0. The lowest BCUT2D eigenvalue weighted by Crippen LogP contribution is -2.01. The van der Waals surface area contributed by atoms with Gasteiger partial charge in [-0.25, -0.2) is 15.0 Å². The topological polar surface area (TPSA) is 43.6 Å². The van der Waals surface area contributed by atoms with E-state index in [2.05, 4.69) is 114 Å². The monoisotopic (exact) mass is 767 g/mol. The Labute approximate surface area is 342 Å². The first kappa shape index (κ1) is 27.6. The third-order valence-corrected chi connectivity index (χ3v) is 13.2. The van der Waals surface area contributed by atoms with Gasteiger partial charge in [-0.2, -0.15) is 0 Å². The number of thiophene rings is 2. The molecule has 0 aliphatic heterocycles. The number of para-hydroxylation sites is 2. The van der Waals surface area contributed by atoms with Crippen molar-refractivity contribution in [3.05, 3.63) is 182 Å². The van der Waals surface area contributed by atoms with Gasteiger partial charge in [0.25, 0.3) is 0 Å². The molecule has 0 N–H and O–H groups in total. The lowest BCUT2D eigenvalue weighted by molar-refractivity contribution is 1.08. The maximum absolute atomic E-state index is 9.03. The molecule has 4 aromatic heterocycles. The Hall–Kier alpha value is -6.99. The molecule has 266 valence electrons. The van der Waals surface area contributed by atoms with Crippen molar-refractivity contribution in [2.75, 3.05) is 0 Å². The Bertz CT molecular complexity index is 3750. The van der Waals surface area contributed by atoms with Crippen LogP contribution in [-0.2, 0) is 0 Å². The predicted octanol–water partition coefficient (Wildman–Crippen LogP) is 14.4. The van der Waals surface area contributed by atoms with Crippen LogP contribution in [0, 0.1) is 0 Å². The average Bonchev–Trinajstić information content (AvgIpc) is 3.99. The van der Waals surface area contributed by atoms with Crippen molar-refractivity contribution in [1.29, 1.82) is 0 Å². The van der Waals surface area contributed by atoms with Crippen LogP contribution >= 0.6 is 22.7 Å². The predicted molar refractivity (Wildman–Crippen MR) is 242 cm³/mol. The highest BCUT2D eigenvalue weighted by Gasteiger charge is 2.22. The summed E-state index contributed by atoms with van der Waals surface area (Å²) in [5.41, 5.74) is 6.67. The van der Waals surface area contributed by atoms with E-state index >= 15 is 0 Å². The Kier molecular flexibility index (Phi) is 6.18. The van der Waals surface area contributed by atoms with Crippen molar-refractivity contribution >= 4 is 84.8 Å². The molecule has 0 spiro atoms. The molecule has 4 nitrogen and oxygen atoms in total. The van der Waals surface area contributed by atoms with Gasteiger partial charge >= 0.3 is 0 Å². The lowest BCUT2D eigenvalue weighted by Gasteiger charge is -2.13. The van der Waals surface area contributed by atoms with Gasteiger partial charge in [0, 0.05) is 73.5 Å². The van der Waals surface area contributed by atoms with Crippen molar-refractivity contribution in [2.24, 2.45) is 0 Å². The van der Waals surface area contributed by atoms with E-state index in [1.165, 1.54) is 0 Å². The van der Waals surface area contributed by atoms with Gasteiger partial charge < -0.3 is 4.57 Å². The summed E-state index contributed by atoms with van der Waals surface area (Å²) in [5.74, 6) is 0.678. The minimum atomic E-state index is -0.478. The SMILES string of the molecule is [2H]c1c([2H])c([2H])c(-c2nc(-c3cccc4c3sc3ccccc34)nc(-c3cc(-n4c5ccccc5c5ccccc54)cc4c3sc3cc(-c5ccccc5)ccc34)n2)c([2H])c1[2H]. The largest absolute Gasteiger partial charge is 0.309 e. The zero-order valence-corrected chi connectivity index (χ0v) is 31.7. The number of hydrogen-bond donors (Lipinski definition) is 0. The Morgan fingerprint density at radius 2 is 1.02 bits per heavy atom. The van der Waals surface area contributed by atoms with Gasteiger partial charge in [-0.05, 0) is 53.6 Å². The van der Waals surface area contributed by atoms with Crippen LogP contribution in [0.1, 0.15) is 6.85 Å². The van der Waals surface area contributed by atoms with Crippen molar-refractivity contribution in [2.45, 2.75) is 0 Å². The number of rotatable bonds is 5. The molecule has 0 amide bonds. The van der Waals surface area contributed by atoms with Gasteiger partial charge in [-0.3, -0.25) is 0 Å². The third kappa shape index (κ3) is 5.15. The number of benzene rings is 8. The van der Waals surface area contributed by atoms with Crippen LogP contribution in [0.5, 0.6) is 0 Å². The molecule has 0 aliphatic rings. The van der Waals surface area contributed by atoms with Crippen LogP contribution < -0.4 is 0 Å². The van der Waals surface area contributed by atoms with E-state index in [1.807, 2.05) is 42.5 Å². The van der Waals surface area contributed by atoms with Gasteiger partial charge in [0.15, 0.2) is 17.5 Å². The van der Waals surface area contributed by atoms with Gasteiger partial charge in [-0.1, -0.05) is 139 Å². The first-order valence-corrected chi connectivity index (χ1v) is 20.2. The fraction of sp³-hybridized carbons (Fsp3) is 0. The van der Waals surface area contributed by atoms with Crippen molar-refractivity contribution < 1.29 is 6.85 Å². The average molecular weight is 768 g/mol. The van der Waals surface area contributed by atoms with Crippen LogP contribution in [0.15, 0.2) is 182 Å². The summed E-state index contributed by atoms with van der Waals surface area (Å²) >= 11 is 3.31. The fourth-order valence-electron chi connectivity index (χ4n) is 8.18. The van der Waals surface area contributed by atoms with E-state index in [1.54, 1.807) is 22.7 Å². The maximum Gasteiger partial charge on any atom is 0.165 e. The molecule has 0 aliphatic carbocycles. The molecule has 12 aromatic rings. The van der Waals surface area contributed by atoms with Gasteiger partial charge in [0.2, 0.25) is 0 Å². The zero-order chi connectivity index (χ0) is 41.8. The number of aromatic nitrogens is 4. The van der Waals surface area contributed by atoms with E-state index in [4.69, 9.17) is 21.8 Å². The minimum absolute atomic E-state index is 0.00278. The zero-order valence-electron chi connectivity index (χ0n) is 35.0. The van der Waals surface area contributed by atoms with Gasteiger partial charge in [0.1, 0.15) is 0 Å². The summed E-state index contributed by atoms with van der Waals surface area (Å²) in [6, 6.07) is 50.3. The second-order valence-electron chi connectivity index (χ2n) is 14.0. The van der Waals surface area contributed by atoms with E-state index in [9.17, 15) is 0 Å². The Morgan fingerprint density at radius 3 is 1.81 bits per heavy atom. The molecular formula is C51H30N4S2. The normalized spacial score (nSPS) is 13.1. The van der Waals surface area contributed by atoms with Crippen molar-refractivity contribution in [1.82, 2.24) is 19.5 Å². The molecular weight excluding hydrogens is 733 g/mol. The molecule has 57 heavy (non-hydrogen) atoms. The van der Waals surface area contributed by atoms with Crippen LogP contribution in [0.25, 0.3) is 113 Å². The number of nitrogens with zero attached hydrogens (tertiary/aromatic N) is 4. The van der Waals surface area contributed by atoms with Gasteiger partial charge in [-0.15, -0.1) is 22.7 Å². The lowest BCUT2D eigenvalue weighted by atomic mass is 10.0. The van der Waals surface area contributed by atoms with Crippen molar-refractivity contribution in [3.63, 3.8) is 0 Å². The standard InChI is InChI=1S/C51H30N4S2/c1-3-14-31(15-4-1)33-26-27-38-41-29-34(55-43-23-10-7-18-35(43)36-19-8-11-24-44(36)55)30-42(48(41)57-46(38)28-33)51-53-49(32-16-5-2-6-17-32)52-50(54-51)40-22-13-21-39-37-20-9-12-25-45(37)56-47(39)40/h1-30H/i2D,5D,6D,16D,17D. The Morgan fingerprint density at radius 1 is 0.404 bits per heavy atom. The quantitative estimate of drug-likeness (QED) is 0.175. The third-order valence-electron chi connectivity index (χ3n) is 10.7. The maximum atomic E-state index is 9.03. The molecule has 6 heteroatoms. The van der Waals surface area contributed by atoms with E-state index in [-0.39, 0.29) is 23.5 Å². The number of hydrogen-bond acceptors (Lipinski definition) is 5. The summed E-state index contributed by atoms with van der Waals surface area (Å²) in [6.07, 6.45) is 0. The van der Waals surface area contributed by atoms with E-state index in [0.29, 0.717) is 11.6 Å². The second-order valence-corrected chi connectivity index (χ2v) is 16.1. The molecule has 0 fully saturated rings. The number of fused-ring (bicyclic) bond motifs is 9.